The second-order valence-corrected chi connectivity index (χ2v) is 7.76. The van der Waals surface area contributed by atoms with Gasteiger partial charge in [0.25, 0.3) is 11.7 Å². The van der Waals surface area contributed by atoms with E-state index < -0.39 is 24.3 Å². The minimum atomic E-state index is -5.03. The molecule has 0 fully saturated rings. The molecule has 0 aliphatic carbocycles. The number of aromatic nitrogens is 3. The van der Waals surface area contributed by atoms with Crippen molar-refractivity contribution < 1.29 is 18.3 Å². The van der Waals surface area contributed by atoms with Gasteiger partial charge in [-0.3, -0.25) is 0 Å². The fraction of sp³-hybridized carbons (Fsp3) is 0.120. The molecular weight excluding hydrogens is 443 g/mol. The van der Waals surface area contributed by atoms with Crippen molar-refractivity contribution in [2.24, 2.45) is 5.10 Å². The molecule has 0 unspecified atom stereocenters. The standard InChI is InChI=1S/C25H18F3N5O/c26-25(27,28)24(34)16-20(17-10-4-1-5-11-17)32-33(24)23-29-21(18-12-6-2-7-13-18)22(30-31-23)19-14-8-3-9-15-19/h1-15,34H,16H2/t24-/m0/s1. The lowest BCUT2D eigenvalue weighted by molar-refractivity contribution is -0.254. The predicted molar refractivity (Wildman–Crippen MR) is 122 cm³/mol. The van der Waals surface area contributed by atoms with Crippen LogP contribution in [0.1, 0.15) is 12.0 Å². The first-order valence-electron chi connectivity index (χ1n) is 10.4. The zero-order valence-corrected chi connectivity index (χ0v) is 17.7. The molecule has 1 N–H and O–H groups in total. The highest BCUT2D eigenvalue weighted by Gasteiger charge is 2.63. The Morgan fingerprint density at radius 2 is 1.21 bits per heavy atom. The summed E-state index contributed by atoms with van der Waals surface area (Å²) in [6.45, 7) is 0. The van der Waals surface area contributed by atoms with Gasteiger partial charge in [-0.25, -0.2) is 4.98 Å². The number of halogens is 3. The Balaban J connectivity index is 1.68. The molecule has 0 saturated carbocycles. The Kier molecular flexibility index (Phi) is 5.33. The number of aliphatic hydroxyl groups is 1. The molecule has 1 atom stereocenters. The van der Waals surface area contributed by atoms with Crippen LogP contribution in [0.2, 0.25) is 0 Å². The molecule has 6 nitrogen and oxygen atoms in total. The van der Waals surface area contributed by atoms with Gasteiger partial charge in [0.05, 0.1) is 12.1 Å². The van der Waals surface area contributed by atoms with Gasteiger partial charge in [-0.05, 0) is 5.56 Å². The summed E-state index contributed by atoms with van der Waals surface area (Å²) >= 11 is 0. The highest BCUT2D eigenvalue weighted by atomic mass is 19.4. The lowest BCUT2D eigenvalue weighted by Gasteiger charge is -2.32. The molecule has 170 valence electrons. The zero-order chi connectivity index (χ0) is 23.8. The van der Waals surface area contributed by atoms with Crippen LogP contribution in [0.15, 0.2) is 96.1 Å². The molecule has 1 aliphatic rings. The zero-order valence-electron chi connectivity index (χ0n) is 17.7. The lowest BCUT2D eigenvalue weighted by Crippen LogP contribution is -2.55. The van der Waals surface area contributed by atoms with Crippen molar-refractivity contribution in [2.45, 2.75) is 18.3 Å². The first-order chi connectivity index (χ1) is 16.4. The average Bonchev–Trinajstić information content (AvgIpc) is 3.24. The first-order valence-corrected chi connectivity index (χ1v) is 10.4. The lowest BCUT2D eigenvalue weighted by atomic mass is 10.0. The number of hydrogen-bond acceptors (Lipinski definition) is 6. The van der Waals surface area contributed by atoms with Crippen molar-refractivity contribution >= 4 is 11.7 Å². The Labute approximate surface area is 193 Å². The molecule has 0 amide bonds. The highest BCUT2D eigenvalue weighted by Crippen LogP contribution is 2.43. The van der Waals surface area contributed by atoms with E-state index in [1.165, 1.54) is 0 Å². The van der Waals surface area contributed by atoms with Gasteiger partial charge < -0.3 is 5.11 Å². The SMILES string of the molecule is O[C@]1(C(F)(F)F)CC(c2ccccc2)=NN1c1nnc(-c2ccccc2)c(-c2ccccc2)n1. The third-order valence-corrected chi connectivity index (χ3v) is 5.51. The summed E-state index contributed by atoms with van der Waals surface area (Å²) in [5.74, 6) is -0.454. The molecule has 4 aromatic rings. The second kappa shape index (κ2) is 8.35. The van der Waals surface area contributed by atoms with Crippen LogP contribution in [-0.2, 0) is 0 Å². The Bertz CT molecular complexity index is 1330. The number of hydrogen-bond donors (Lipinski definition) is 1. The largest absolute Gasteiger partial charge is 0.438 e. The molecule has 9 heteroatoms. The molecule has 5 rings (SSSR count). The normalized spacial score (nSPS) is 18.1. The Morgan fingerprint density at radius 1 is 0.706 bits per heavy atom. The summed E-state index contributed by atoms with van der Waals surface area (Å²) in [6, 6.07) is 26.4. The molecule has 1 aliphatic heterocycles. The minimum absolute atomic E-state index is 0.0671. The number of anilines is 1. The number of alkyl halides is 3. The van der Waals surface area contributed by atoms with Gasteiger partial charge in [0, 0.05) is 11.1 Å². The summed E-state index contributed by atoms with van der Waals surface area (Å²) in [5.41, 5.74) is -0.722. The van der Waals surface area contributed by atoms with Gasteiger partial charge in [0.1, 0.15) is 11.4 Å². The molecular formula is C25H18F3N5O. The van der Waals surface area contributed by atoms with Crippen LogP contribution >= 0.6 is 0 Å². The van der Waals surface area contributed by atoms with Crippen molar-refractivity contribution in [3.8, 4) is 22.5 Å². The number of nitrogens with zero attached hydrogens (tertiary/aromatic N) is 5. The topological polar surface area (TPSA) is 74.5 Å². The summed E-state index contributed by atoms with van der Waals surface area (Å²) in [7, 11) is 0. The number of rotatable bonds is 4. The summed E-state index contributed by atoms with van der Waals surface area (Å²) in [6.07, 6.45) is -5.80. The molecule has 2 heterocycles. The number of benzene rings is 3. The molecule has 0 bridgehead atoms. The fourth-order valence-corrected chi connectivity index (χ4v) is 3.76. The predicted octanol–water partition coefficient (Wildman–Crippen LogP) is 5.07. The maximum Gasteiger partial charge on any atom is 0.438 e. The van der Waals surface area contributed by atoms with Crippen LogP contribution in [0.25, 0.3) is 22.5 Å². The Morgan fingerprint density at radius 3 is 1.74 bits per heavy atom. The van der Waals surface area contributed by atoms with E-state index in [0.717, 1.165) is 0 Å². The van der Waals surface area contributed by atoms with Crippen LogP contribution in [0.5, 0.6) is 0 Å². The molecule has 0 spiro atoms. The first kappa shape index (κ1) is 21.7. The summed E-state index contributed by atoms with van der Waals surface area (Å²) in [4.78, 5) is 4.42. The van der Waals surface area contributed by atoms with Crippen molar-refractivity contribution in [1.82, 2.24) is 15.2 Å². The monoisotopic (exact) mass is 461 g/mol. The van der Waals surface area contributed by atoms with Gasteiger partial charge in [0.15, 0.2) is 0 Å². The number of hydrazone groups is 1. The molecule has 3 aromatic carbocycles. The summed E-state index contributed by atoms with van der Waals surface area (Å²) in [5, 5.41) is 23.5. The van der Waals surface area contributed by atoms with Gasteiger partial charge in [-0.2, -0.15) is 23.3 Å². The minimum Gasteiger partial charge on any atom is -0.362 e. The molecule has 0 saturated heterocycles. The van der Waals surface area contributed by atoms with E-state index >= 15 is 0 Å². The maximum absolute atomic E-state index is 14.1. The third-order valence-electron chi connectivity index (χ3n) is 5.51. The average molecular weight is 461 g/mol. The quantitative estimate of drug-likeness (QED) is 0.459. The van der Waals surface area contributed by atoms with E-state index in [-0.39, 0.29) is 5.71 Å². The molecule has 34 heavy (non-hydrogen) atoms. The molecule has 1 aromatic heterocycles. The van der Waals surface area contributed by atoms with E-state index in [1.807, 2.05) is 36.4 Å². The summed E-state index contributed by atoms with van der Waals surface area (Å²) < 4.78 is 42.3. The highest BCUT2D eigenvalue weighted by molar-refractivity contribution is 6.03. The molecule has 0 radical (unpaired) electrons. The van der Waals surface area contributed by atoms with Gasteiger partial charge >= 0.3 is 6.18 Å². The van der Waals surface area contributed by atoms with Crippen molar-refractivity contribution in [3.63, 3.8) is 0 Å². The van der Waals surface area contributed by atoms with Crippen molar-refractivity contribution in [2.75, 3.05) is 5.01 Å². The van der Waals surface area contributed by atoms with Crippen LogP contribution in [0.3, 0.4) is 0 Å². The van der Waals surface area contributed by atoms with Gasteiger partial charge in [-0.15, -0.1) is 10.2 Å². The van der Waals surface area contributed by atoms with Crippen LogP contribution in [-0.4, -0.2) is 37.9 Å². The Hall–Kier alpha value is -4.11. The second-order valence-electron chi connectivity index (χ2n) is 7.76. The van der Waals surface area contributed by atoms with Gasteiger partial charge in [0.2, 0.25) is 0 Å². The van der Waals surface area contributed by atoms with E-state index in [0.29, 0.717) is 33.1 Å². The van der Waals surface area contributed by atoms with Crippen LogP contribution in [0.4, 0.5) is 19.1 Å². The van der Waals surface area contributed by atoms with E-state index in [4.69, 9.17) is 0 Å². The maximum atomic E-state index is 14.1. The van der Waals surface area contributed by atoms with E-state index in [1.54, 1.807) is 54.6 Å². The van der Waals surface area contributed by atoms with Crippen molar-refractivity contribution in [1.29, 1.82) is 0 Å². The van der Waals surface area contributed by atoms with Gasteiger partial charge in [-0.1, -0.05) is 91.0 Å². The van der Waals surface area contributed by atoms with E-state index in [9.17, 15) is 18.3 Å². The van der Waals surface area contributed by atoms with Crippen molar-refractivity contribution in [3.05, 3.63) is 96.6 Å². The van der Waals surface area contributed by atoms with Crippen LogP contribution < -0.4 is 5.01 Å². The third kappa shape index (κ3) is 3.80. The smallest absolute Gasteiger partial charge is 0.362 e. The van der Waals surface area contributed by atoms with E-state index in [2.05, 4.69) is 20.3 Å². The fourth-order valence-electron chi connectivity index (χ4n) is 3.76. The van der Waals surface area contributed by atoms with Crippen LogP contribution in [0, 0.1) is 0 Å².